The van der Waals surface area contributed by atoms with Crippen LogP contribution in [-0.4, -0.2) is 35.0 Å². The highest BCUT2D eigenvalue weighted by Crippen LogP contribution is 2.43. The van der Waals surface area contributed by atoms with Crippen LogP contribution < -0.4 is 5.32 Å². The maximum Gasteiger partial charge on any atom is 0.243 e. The predicted octanol–water partition coefficient (Wildman–Crippen LogP) is 0.490. The highest BCUT2D eigenvalue weighted by atomic mass is 16.5. The van der Waals surface area contributed by atoms with Crippen molar-refractivity contribution in [1.82, 2.24) is 15.5 Å². The third-order valence-electron chi connectivity index (χ3n) is 3.81. The van der Waals surface area contributed by atoms with E-state index in [0.29, 0.717) is 24.7 Å². The third-order valence-corrected chi connectivity index (χ3v) is 3.81. The van der Waals surface area contributed by atoms with E-state index >= 15 is 0 Å². The summed E-state index contributed by atoms with van der Waals surface area (Å²) in [7, 11) is 1.69. The fourth-order valence-electron chi connectivity index (χ4n) is 2.48. The van der Waals surface area contributed by atoms with E-state index < -0.39 is 0 Å². The number of nitrogens with zero attached hydrogens (tertiary/aromatic N) is 2. The summed E-state index contributed by atoms with van der Waals surface area (Å²) in [5.74, 6) is 1.20. The molecule has 0 radical (unpaired) electrons. The van der Waals surface area contributed by atoms with Crippen LogP contribution in [0.4, 0.5) is 0 Å². The number of nitrogens with one attached hydrogen (secondary N) is 1. The molecule has 1 aromatic rings. The molecular formula is C11H17N3O3. The van der Waals surface area contributed by atoms with Gasteiger partial charge in [0.25, 0.3) is 0 Å². The lowest BCUT2D eigenvalue weighted by Crippen LogP contribution is -2.37. The van der Waals surface area contributed by atoms with Crippen molar-refractivity contribution in [3.63, 3.8) is 0 Å². The second kappa shape index (κ2) is 4.04. The molecule has 2 heterocycles. The van der Waals surface area contributed by atoms with E-state index in [1.165, 1.54) is 0 Å². The fraction of sp³-hybridized carbons (Fsp3) is 0.818. The van der Waals surface area contributed by atoms with Crippen LogP contribution in [0.15, 0.2) is 4.52 Å². The minimum absolute atomic E-state index is 0.0276. The molecule has 94 valence electrons. The van der Waals surface area contributed by atoms with Gasteiger partial charge in [0.15, 0.2) is 0 Å². The Morgan fingerprint density at radius 2 is 2.35 bits per heavy atom. The fourth-order valence-corrected chi connectivity index (χ4v) is 2.48. The number of aliphatic hydroxyl groups is 1. The largest absolute Gasteiger partial charge is 0.392 e. The van der Waals surface area contributed by atoms with Gasteiger partial charge in [-0.15, -0.1) is 0 Å². The summed E-state index contributed by atoms with van der Waals surface area (Å²) in [4.78, 5) is 4.42. The van der Waals surface area contributed by atoms with Gasteiger partial charge >= 0.3 is 0 Å². The van der Waals surface area contributed by atoms with Gasteiger partial charge in [0.05, 0.1) is 12.1 Å². The Labute approximate surface area is 99.3 Å². The molecule has 6 heteroatoms. The molecule has 0 amide bonds. The van der Waals surface area contributed by atoms with Crippen LogP contribution in [0, 0.1) is 0 Å². The molecule has 1 aliphatic heterocycles. The molecule has 0 spiro atoms. The molecule has 1 saturated heterocycles. The molecule has 0 bridgehead atoms. The van der Waals surface area contributed by atoms with Gasteiger partial charge in [-0.25, -0.2) is 0 Å². The number of hydrogen-bond acceptors (Lipinski definition) is 6. The number of hydrogen-bond donors (Lipinski definition) is 2. The molecule has 2 aliphatic rings. The Balaban J connectivity index is 1.78. The standard InChI is InChI=1S/C11H17N3O3/c1-16-11(3-2-4-11)10-13-9(17-14-10)8-5-7(15)6-12-8/h7-8,12,15H,2-6H2,1H3/t7-,8+/m1/s1. The smallest absolute Gasteiger partial charge is 0.243 e. The van der Waals surface area contributed by atoms with E-state index in [1.807, 2.05) is 0 Å². The molecule has 17 heavy (non-hydrogen) atoms. The summed E-state index contributed by atoms with van der Waals surface area (Å²) in [6.07, 6.45) is 3.34. The normalized spacial score (nSPS) is 31.4. The zero-order valence-electron chi connectivity index (χ0n) is 9.85. The first-order chi connectivity index (χ1) is 8.23. The first kappa shape index (κ1) is 11.1. The minimum Gasteiger partial charge on any atom is -0.392 e. The Morgan fingerprint density at radius 1 is 1.53 bits per heavy atom. The Hall–Kier alpha value is -0.980. The van der Waals surface area contributed by atoms with Gasteiger partial charge < -0.3 is 19.7 Å². The predicted molar refractivity (Wildman–Crippen MR) is 58.2 cm³/mol. The van der Waals surface area contributed by atoms with Crippen LogP contribution in [0.2, 0.25) is 0 Å². The second-order valence-corrected chi connectivity index (χ2v) is 4.86. The Morgan fingerprint density at radius 3 is 2.88 bits per heavy atom. The van der Waals surface area contributed by atoms with Crippen molar-refractivity contribution in [2.75, 3.05) is 13.7 Å². The van der Waals surface area contributed by atoms with Crippen LogP contribution in [-0.2, 0) is 10.3 Å². The van der Waals surface area contributed by atoms with E-state index in [9.17, 15) is 5.11 Å². The van der Waals surface area contributed by atoms with Crippen LogP contribution in [0.5, 0.6) is 0 Å². The quantitative estimate of drug-likeness (QED) is 0.799. The summed E-state index contributed by atoms with van der Waals surface area (Å²) in [5, 5.41) is 16.6. The number of methoxy groups -OCH3 is 1. The van der Waals surface area contributed by atoms with Gasteiger partial charge in [0, 0.05) is 13.7 Å². The monoisotopic (exact) mass is 239 g/mol. The van der Waals surface area contributed by atoms with Crippen molar-refractivity contribution >= 4 is 0 Å². The van der Waals surface area contributed by atoms with Gasteiger partial charge in [-0.1, -0.05) is 5.16 Å². The zero-order valence-corrected chi connectivity index (χ0v) is 9.85. The average Bonchev–Trinajstić information content (AvgIpc) is 2.86. The third kappa shape index (κ3) is 1.76. The van der Waals surface area contributed by atoms with Gasteiger partial charge in [-0.3, -0.25) is 0 Å². The number of ether oxygens (including phenoxy) is 1. The van der Waals surface area contributed by atoms with E-state index in [1.54, 1.807) is 7.11 Å². The van der Waals surface area contributed by atoms with Crippen molar-refractivity contribution < 1.29 is 14.4 Å². The molecule has 0 aromatic carbocycles. The molecule has 1 aromatic heterocycles. The second-order valence-electron chi connectivity index (χ2n) is 4.86. The van der Waals surface area contributed by atoms with Gasteiger partial charge in [-0.05, 0) is 25.7 Å². The summed E-state index contributed by atoms with van der Waals surface area (Å²) in [6, 6.07) is -0.0276. The summed E-state index contributed by atoms with van der Waals surface area (Å²) in [5.41, 5.74) is -0.334. The molecule has 2 fully saturated rings. The van der Waals surface area contributed by atoms with Crippen molar-refractivity contribution in [3.8, 4) is 0 Å². The Kier molecular flexibility index (Phi) is 2.65. The van der Waals surface area contributed by atoms with Crippen LogP contribution >= 0.6 is 0 Å². The number of rotatable bonds is 3. The van der Waals surface area contributed by atoms with E-state index in [2.05, 4.69) is 15.5 Å². The highest BCUT2D eigenvalue weighted by Gasteiger charge is 2.44. The van der Waals surface area contributed by atoms with Gasteiger partial charge in [0.2, 0.25) is 11.7 Å². The lowest BCUT2D eigenvalue weighted by molar-refractivity contribution is -0.0858. The maximum absolute atomic E-state index is 9.45. The topological polar surface area (TPSA) is 80.4 Å². The molecule has 1 saturated carbocycles. The minimum atomic E-state index is -0.334. The van der Waals surface area contributed by atoms with Crippen LogP contribution in [0.1, 0.15) is 43.4 Å². The number of aromatic nitrogens is 2. The molecule has 2 N–H and O–H groups in total. The highest BCUT2D eigenvalue weighted by molar-refractivity contribution is 5.08. The molecule has 1 aliphatic carbocycles. The van der Waals surface area contributed by atoms with Crippen LogP contribution in [0.3, 0.4) is 0 Å². The molecular weight excluding hydrogens is 222 g/mol. The summed E-state index contributed by atoms with van der Waals surface area (Å²) in [6.45, 7) is 0.581. The van der Waals surface area contributed by atoms with Crippen molar-refractivity contribution in [3.05, 3.63) is 11.7 Å². The summed E-state index contributed by atoms with van der Waals surface area (Å²) < 4.78 is 10.8. The average molecular weight is 239 g/mol. The number of β-amino-alcohol motifs (C(OH)–C–C–N with tert-alkyl or cyclic N) is 1. The Bertz CT molecular complexity index is 397. The zero-order chi connectivity index (χ0) is 11.9. The first-order valence-corrected chi connectivity index (χ1v) is 6.04. The van der Waals surface area contributed by atoms with E-state index in [0.717, 1.165) is 19.3 Å². The lowest BCUT2D eigenvalue weighted by atomic mass is 9.79. The van der Waals surface area contributed by atoms with E-state index in [4.69, 9.17) is 9.26 Å². The molecule has 0 unspecified atom stereocenters. The lowest BCUT2D eigenvalue weighted by Gasteiger charge is -2.37. The van der Waals surface area contributed by atoms with Crippen molar-refractivity contribution in [2.24, 2.45) is 0 Å². The molecule has 2 atom stereocenters. The van der Waals surface area contributed by atoms with Crippen molar-refractivity contribution in [2.45, 2.75) is 43.4 Å². The molecule has 6 nitrogen and oxygen atoms in total. The number of aliphatic hydroxyl groups excluding tert-OH is 1. The van der Waals surface area contributed by atoms with Gasteiger partial charge in [-0.2, -0.15) is 4.98 Å². The van der Waals surface area contributed by atoms with Gasteiger partial charge in [0.1, 0.15) is 5.60 Å². The van der Waals surface area contributed by atoms with Crippen LogP contribution in [0.25, 0.3) is 0 Å². The summed E-state index contributed by atoms with van der Waals surface area (Å²) >= 11 is 0. The first-order valence-electron chi connectivity index (χ1n) is 6.04. The van der Waals surface area contributed by atoms with Crippen molar-refractivity contribution in [1.29, 1.82) is 0 Å². The maximum atomic E-state index is 9.45. The molecule has 3 rings (SSSR count). The van der Waals surface area contributed by atoms with E-state index in [-0.39, 0.29) is 17.7 Å². The SMILES string of the molecule is COC1(c2noc([C@@H]3C[C@@H](O)CN3)n2)CCC1.